The van der Waals surface area contributed by atoms with Crippen LogP contribution in [0.5, 0.6) is 0 Å². The largest absolute Gasteiger partial charge is 0.330 e. The predicted molar refractivity (Wildman–Crippen MR) is 60.4 cm³/mol. The zero-order valence-electron chi connectivity index (χ0n) is 8.31. The predicted octanol–water partition coefficient (Wildman–Crippen LogP) is 3.41. The van der Waals surface area contributed by atoms with Crippen molar-refractivity contribution < 1.29 is 0 Å². The molecule has 0 amide bonds. The van der Waals surface area contributed by atoms with E-state index in [-0.39, 0.29) is 0 Å². The fourth-order valence-corrected chi connectivity index (χ4v) is 2.19. The number of hydrogen-bond donors (Lipinski definition) is 0. The Hall–Kier alpha value is -1.09. The number of unbranched alkanes of at least 4 members (excludes halogenated alkanes) is 1. The van der Waals surface area contributed by atoms with E-state index < -0.39 is 0 Å². The molecule has 0 bridgehead atoms. The second-order valence-electron chi connectivity index (χ2n) is 3.28. The average molecular weight is 206 g/mol. The van der Waals surface area contributed by atoms with E-state index in [2.05, 4.69) is 40.2 Å². The highest BCUT2D eigenvalue weighted by Crippen LogP contribution is 2.22. The molecular formula is C11H14N2S. The third kappa shape index (κ3) is 1.87. The maximum absolute atomic E-state index is 4.38. The molecule has 0 unspecified atom stereocenters. The Balaban J connectivity index is 2.22. The van der Waals surface area contributed by atoms with Crippen LogP contribution in [0, 0.1) is 0 Å². The molecule has 2 aromatic rings. The van der Waals surface area contributed by atoms with Crippen molar-refractivity contribution in [1.29, 1.82) is 0 Å². The molecule has 0 saturated carbocycles. The average Bonchev–Trinajstić information content (AvgIpc) is 2.84. The zero-order chi connectivity index (χ0) is 9.80. The normalized spacial score (nSPS) is 10.6. The molecule has 0 fully saturated rings. The molecule has 0 aliphatic heterocycles. The number of thiophene rings is 1. The van der Waals surface area contributed by atoms with Gasteiger partial charge in [-0.05, 0) is 17.9 Å². The molecule has 14 heavy (non-hydrogen) atoms. The third-order valence-electron chi connectivity index (χ3n) is 2.21. The first kappa shape index (κ1) is 9.46. The van der Waals surface area contributed by atoms with Gasteiger partial charge in [0.15, 0.2) is 0 Å². The molecule has 0 aliphatic rings. The number of rotatable bonds is 4. The molecule has 2 heterocycles. The Morgan fingerprint density at radius 1 is 1.50 bits per heavy atom. The Labute approximate surface area is 88.2 Å². The lowest BCUT2D eigenvalue weighted by Gasteiger charge is -2.04. The highest BCUT2D eigenvalue weighted by Gasteiger charge is 2.05. The SMILES string of the molecule is CCCCn1ccnc1-c1cccs1. The standard InChI is InChI=1S/C11H14N2S/c1-2-3-7-13-8-6-12-11(13)10-5-4-9-14-10/h4-6,8-9H,2-3,7H2,1H3. The van der Waals surface area contributed by atoms with Crippen molar-refractivity contribution in [3.63, 3.8) is 0 Å². The summed E-state index contributed by atoms with van der Waals surface area (Å²) < 4.78 is 2.23. The van der Waals surface area contributed by atoms with Crippen LogP contribution in [-0.4, -0.2) is 9.55 Å². The lowest BCUT2D eigenvalue weighted by molar-refractivity contribution is 0.637. The van der Waals surface area contributed by atoms with Gasteiger partial charge >= 0.3 is 0 Å². The summed E-state index contributed by atoms with van der Waals surface area (Å²) in [4.78, 5) is 5.64. The van der Waals surface area contributed by atoms with Crippen LogP contribution < -0.4 is 0 Å². The summed E-state index contributed by atoms with van der Waals surface area (Å²) >= 11 is 1.74. The Kier molecular flexibility index (Phi) is 2.99. The molecule has 0 spiro atoms. The van der Waals surface area contributed by atoms with E-state index in [4.69, 9.17) is 0 Å². The minimum Gasteiger partial charge on any atom is -0.330 e. The van der Waals surface area contributed by atoms with Crippen molar-refractivity contribution in [2.24, 2.45) is 0 Å². The van der Waals surface area contributed by atoms with Crippen molar-refractivity contribution in [3.8, 4) is 10.7 Å². The molecule has 3 heteroatoms. The summed E-state index contributed by atoms with van der Waals surface area (Å²) in [5.74, 6) is 1.11. The van der Waals surface area contributed by atoms with Crippen LogP contribution in [0.25, 0.3) is 10.7 Å². The van der Waals surface area contributed by atoms with Crippen LogP contribution in [0.15, 0.2) is 29.9 Å². The van der Waals surface area contributed by atoms with Gasteiger partial charge in [-0.25, -0.2) is 4.98 Å². The van der Waals surface area contributed by atoms with Crippen molar-refractivity contribution >= 4 is 11.3 Å². The van der Waals surface area contributed by atoms with E-state index >= 15 is 0 Å². The smallest absolute Gasteiger partial charge is 0.149 e. The van der Waals surface area contributed by atoms with Crippen molar-refractivity contribution in [2.75, 3.05) is 0 Å². The van der Waals surface area contributed by atoms with E-state index in [1.807, 2.05) is 6.20 Å². The topological polar surface area (TPSA) is 17.8 Å². The first-order chi connectivity index (χ1) is 6.92. The minimum atomic E-state index is 1.07. The van der Waals surface area contributed by atoms with Crippen LogP contribution in [-0.2, 0) is 6.54 Å². The molecule has 2 aromatic heterocycles. The fraction of sp³-hybridized carbons (Fsp3) is 0.364. The maximum Gasteiger partial charge on any atom is 0.149 e. The van der Waals surface area contributed by atoms with Gasteiger partial charge in [-0.15, -0.1) is 11.3 Å². The number of hydrogen-bond acceptors (Lipinski definition) is 2. The highest BCUT2D eigenvalue weighted by molar-refractivity contribution is 7.13. The van der Waals surface area contributed by atoms with Crippen molar-refractivity contribution in [2.45, 2.75) is 26.3 Å². The Morgan fingerprint density at radius 2 is 2.43 bits per heavy atom. The summed E-state index contributed by atoms with van der Waals surface area (Å²) in [5, 5.41) is 2.09. The van der Waals surface area contributed by atoms with Crippen LogP contribution in [0.4, 0.5) is 0 Å². The lowest BCUT2D eigenvalue weighted by atomic mass is 10.3. The molecule has 0 aromatic carbocycles. The fourth-order valence-electron chi connectivity index (χ4n) is 1.45. The quantitative estimate of drug-likeness (QED) is 0.749. The van der Waals surface area contributed by atoms with Gasteiger partial charge in [0, 0.05) is 18.9 Å². The number of nitrogens with zero attached hydrogens (tertiary/aromatic N) is 2. The first-order valence-electron chi connectivity index (χ1n) is 4.97. The van der Waals surface area contributed by atoms with Crippen molar-refractivity contribution in [3.05, 3.63) is 29.9 Å². The first-order valence-corrected chi connectivity index (χ1v) is 5.85. The molecule has 0 radical (unpaired) electrons. The van der Waals surface area contributed by atoms with Crippen LogP contribution >= 0.6 is 11.3 Å². The van der Waals surface area contributed by atoms with E-state index in [0.29, 0.717) is 0 Å². The van der Waals surface area contributed by atoms with Gasteiger partial charge in [-0.1, -0.05) is 19.4 Å². The molecule has 0 aliphatic carbocycles. The zero-order valence-corrected chi connectivity index (χ0v) is 9.13. The molecule has 2 nitrogen and oxygen atoms in total. The highest BCUT2D eigenvalue weighted by atomic mass is 32.1. The van der Waals surface area contributed by atoms with E-state index in [9.17, 15) is 0 Å². The van der Waals surface area contributed by atoms with Gasteiger partial charge in [0.2, 0.25) is 0 Å². The second-order valence-corrected chi connectivity index (χ2v) is 4.22. The van der Waals surface area contributed by atoms with E-state index in [1.54, 1.807) is 11.3 Å². The molecule has 74 valence electrons. The number of aromatic nitrogens is 2. The summed E-state index contributed by atoms with van der Waals surface area (Å²) in [6.45, 7) is 3.28. The van der Waals surface area contributed by atoms with Gasteiger partial charge < -0.3 is 4.57 Å². The van der Waals surface area contributed by atoms with Crippen molar-refractivity contribution in [1.82, 2.24) is 9.55 Å². The summed E-state index contributed by atoms with van der Waals surface area (Å²) in [6.07, 6.45) is 6.38. The van der Waals surface area contributed by atoms with Gasteiger partial charge in [0.1, 0.15) is 5.82 Å². The molecular weight excluding hydrogens is 192 g/mol. The summed E-state index contributed by atoms with van der Waals surface area (Å²) in [7, 11) is 0. The van der Waals surface area contributed by atoms with Gasteiger partial charge in [-0.3, -0.25) is 0 Å². The van der Waals surface area contributed by atoms with Gasteiger partial charge in [0.05, 0.1) is 4.88 Å². The number of imidazole rings is 1. The summed E-state index contributed by atoms with van der Waals surface area (Å²) in [5.41, 5.74) is 0. The Morgan fingerprint density at radius 3 is 3.14 bits per heavy atom. The van der Waals surface area contributed by atoms with Crippen LogP contribution in [0.2, 0.25) is 0 Å². The monoisotopic (exact) mass is 206 g/mol. The summed E-state index contributed by atoms with van der Waals surface area (Å²) in [6, 6.07) is 4.19. The number of aryl methyl sites for hydroxylation is 1. The van der Waals surface area contributed by atoms with Gasteiger partial charge in [-0.2, -0.15) is 0 Å². The lowest BCUT2D eigenvalue weighted by Crippen LogP contribution is -1.97. The third-order valence-corrected chi connectivity index (χ3v) is 3.08. The molecule has 0 atom stereocenters. The maximum atomic E-state index is 4.38. The van der Waals surface area contributed by atoms with E-state index in [0.717, 1.165) is 12.4 Å². The van der Waals surface area contributed by atoms with Crippen LogP contribution in [0.3, 0.4) is 0 Å². The molecule has 2 rings (SSSR count). The van der Waals surface area contributed by atoms with Gasteiger partial charge in [0.25, 0.3) is 0 Å². The second kappa shape index (κ2) is 4.42. The van der Waals surface area contributed by atoms with E-state index in [1.165, 1.54) is 17.7 Å². The Bertz CT molecular complexity index is 376. The molecule has 0 saturated heterocycles. The molecule has 0 N–H and O–H groups in total. The minimum absolute atomic E-state index is 1.07. The van der Waals surface area contributed by atoms with Crippen LogP contribution in [0.1, 0.15) is 19.8 Å².